The lowest BCUT2D eigenvalue weighted by molar-refractivity contribution is -0.114. The standard InChI is InChI=1S/C15H18ClNO4S/c1-8(18)17-13-9-7-12(22(3,4)5)21-14(9)10(6-11(13)16)15(19)20-2/h6-7H,1-5H3,(H,17,18). The Bertz CT molecular complexity index is 761. The second-order valence-electron chi connectivity index (χ2n) is 5.60. The average Bonchev–Trinajstić information content (AvgIpc) is 2.85. The van der Waals surface area contributed by atoms with Crippen molar-refractivity contribution in [1.82, 2.24) is 0 Å². The maximum atomic E-state index is 12.0. The predicted molar refractivity (Wildman–Crippen MR) is 90.5 cm³/mol. The van der Waals surface area contributed by atoms with Gasteiger partial charge in [0.2, 0.25) is 5.91 Å². The molecule has 7 heteroatoms. The van der Waals surface area contributed by atoms with Gasteiger partial charge in [-0.15, -0.1) is 0 Å². The number of anilines is 1. The summed E-state index contributed by atoms with van der Waals surface area (Å²) in [6.07, 6.45) is 6.21. The molecule has 0 unspecified atom stereocenters. The lowest BCUT2D eigenvalue weighted by Gasteiger charge is -2.21. The van der Waals surface area contributed by atoms with E-state index in [2.05, 4.69) is 24.1 Å². The summed E-state index contributed by atoms with van der Waals surface area (Å²) in [6.45, 7) is 1.40. The maximum Gasteiger partial charge on any atom is 0.341 e. The van der Waals surface area contributed by atoms with Crippen LogP contribution in [0.25, 0.3) is 11.0 Å². The number of hydrogen-bond donors (Lipinski definition) is 1. The van der Waals surface area contributed by atoms with Crippen LogP contribution in [0.2, 0.25) is 5.02 Å². The van der Waals surface area contributed by atoms with Crippen molar-refractivity contribution in [2.45, 2.75) is 12.0 Å². The summed E-state index contributed by atoms with van der Waals surface area (Å²) in [5, 5.41) is 4.32. The number of carbonyl (C=O) groups is 2. The largest absolute Gasteiger partial charge is 0.465 e. The summed E-state index contributed by atoms with van der Waals surface area (Å²) in [7, 11) is 0.148. The minimum atomic E-state index is -1.15. The fourth-order valence-electron chi connectivity index (χ4n) is 2.01. The number of methoxy groups -OCH3 is 1. The Hall–Kier alpha value is -1.66. The molecule has 0 bridgehead atoms. The molecule has 120 valence electrons. The zero-order chi connectivity index (χ0) is 16.7. The lowest BCUT2D eigenvalue weighted by atomic mass is 10.1. The van der Waals surface area contributed by atoms with Crippen LogP contribution in [-0.4, -0.2) is 37.8 Å². The van der Waals surface area contributed by atoms with Gasteiger partial charge in [-0.25, -0.2) is 4.79 Å². The quantitative estimate of drug-likeness (QED) is 0.858. The van der Waals surface area contributed by atoms with Gasteiger partial charge >= 0.3 is 5.97 Å². The third-order valence-electron chi connectivity index (χ3n) is 3.04. The van der Waals surface area contributed by atoms with Crippen molar-refractivity contribution >= 4 is 50.2 Å². The number of carbonyl (C=O) groups excluding carboxylic acids is 2. The van der Waals surface area contributed by atoms with E-state index in [9.17, 15) is 9.59 Å². The highest BCUT2D eigenvalue weighted by molar-refractivity contribution is 8.32. The number of furan rings is 1. The van der Waals surface area contributed by atoms with Crippen molar-refractivity contribution in [2.75, 3.05) is 31.2 Å². The molecule has 0 spiro atoms. The minimum absolute atomic E-state index is 0.242. The van der Waals surface area contributed by atoms with E-state index in [0.717, 1.165) is 5.09 Å². The molecule has 1 aromatic carbocycles. The number of benzene rings is 1. The molecule has 0 aliphatic heterocycles. The van der Waals surface area contributed by atoms with E-state index >= 15 is 0 Å². The Labute approximate surface area is 135 Å². The van der Waals surface area contributed by atoms with Crippen molar-refractivity contribution < 1.29 is 18.7 Å². The SMILES string of the molecule is COC(=O)c1cc(Cl)c(NC(C)=O)c2cc(S(C)(C)C)oc12. The van der Waals surface area contributed by atoms with E-state index in [0.29, 0.717) is 16.7 Å². The molecule has 0 aliphatic rings. The zero-order valence-electron chi connectivity index (χ0n) is 13.1. The first-order valence-corrected chi connectivity index (χ1v) is 9.69. The zero-order valence-corrected chi connectivity index (χ0v) is 14.6. The molecule has 0 radical (unpaired) electrons. The maximum absolute atomic E-state index is 12.0. The summed E-state index contributed by atoms with van der Waals surface area (Å²) < 4.78 is 10.7. The molecule has 2 rings (SSSR count). The van der Waals surface area contributed by atoms with Gasteiger partial charge in [0, 0.05) is 12.3 Å². The molecule has 0 aliphatic carbocycles. The van der Waals surface area contributed by atoms with Gasteiger partial charge in [0.1, 0.15) is 10.7 Å². The van der Waals surface area contributed by atoms with Crippen LogP contribution in [0.1, 0.15) is 17.3 Å². The smallest absolute Gasteiger partial charge is 0.341 e. The third-order valence-corrected chi connectivity index (χ3v) is 4.75. The van der Waals surface area contributed by atoms with E-state index < -0.39 is 16.0 Å². The van der Waals surface area contributed by atoms with Crippen molar-refractivity contribution in [3.8, 4) is 0 Å². The van der Waals surface area contributed by atoms with Gasteiger partial charge in [-0.2, -0.15) is 10.0 Å². The third kappa shape index (κ3) is 3.08. The fraction of sp³-hybridized carbons (Fsp3) is 0.333. The monoisotopic (exact) mass is 343 g/mol. The van der Waals surface area contributed by atoms with Crippen molar-refractivity contribution in [1.29, 1.82) is 0 Å². The van der Waals surface area contributed by atoms with Crippen LogP contribution < -0.4 is 5.32 Å². The number of amides is 1. The number of halogens is 1. The molecule has 1 N–H and O–H groups in total. The van der Waals surface area contributed by atoms with Crippen molar-refractivity contribution in [3.63, 3.8) is 0 Å². The molecule has 0 atom stereocenters. The Kier molecular flexibility index (Phi) is 4.44. The first-order valence-electron chi connectivity index (χ1n) is 6.45. The number of rotatable bonds is 3. The Morgan fingerprint density at radius 3 is 2.41 bits per heavy atom. The molecule has 0 saturated carbocycles. The molecule has 1 heterocycles. The van der Waals surface area contributed by atoms with E-state index in [1.165, 1.54) is 20.1 Å². The van der Waals surface area contributed by atoms with Gasteiger partial charge in [0.05, 0.1) is 17.8 Å². The number of fused-ring (bicyclic) bond motifs is 1. The van der Waals surface area contributed by atoms with E-state index in [1.54, 1.807) is 0 Å². The van der Waals surface area contributed by atoms with Crippen LogP contribution >= 0.6 is 21.6 Å². The van der Waals surface area contributed by atoms with Crippen molar-refractivity contribution in [2.24, 2.45) is 0 Å². The summed E-state index contributed by atoms with van der Waals surface area (Å²) in [5.74, 6) is -0.786. The Morgan fingerprint density at radius 2 is 1.91 bits per heavy atom. The van der Waals surface area contributed by atoms with E-state index in [1.807, 2.05) is 6.07 Å². The molecule has 0 fully saturated rings. The topological polar surface area (TPSA) is 68.5 Å². The summed E-state index contributed by atoms with van der Waals surface area (Å²) in [5.41, 5.74) is 1.05. The molecule has 22 heavy (non-hydrogen) atoms. The second-order valence-corrected chi connectivity index (χ2v) is 10.1. The van der Waals surface area contributed by atoms with Crippen LogP contribution in [0.4, 0.5) is 5.69 Å². The van der Waals surface area contributed by atoms with Gasteiger partial charge in [0.15, 0.2) is 5.58 Å². The van der Waals surface area contributed by atoms with Gasteiger partial charge in [-0.05, 0) is 30.9 Å². The fourth-order valence-corrected chi connectivity index (χ4v) is 3.08. The van der Waals surface area contributed by atoms with E-state index in [4.69, 9.17) is 20.8 Å². The van der Waals surface area contributed by atoms with E-state index in [-0.39, 0.29) is 16.5 Å². The second kappa shape index (κ2) is 5.85. The molecular weight excluding hydrogens is 326 g/mol. The highest BCUT2D eigenvalue weighted by Gasteiger charge is 2.24. The lowest BCUT2D eigenvalue weighted by Crippen LogP contribution is -2.08. The first-order chi connectivity index (χ1) is 10.1. The van der Waals surface area contributed by atoms with Crippen LogP contribution in [0, 0.1) is 0 Å². The first kappa shape index (κ1) is 16.7. The molecule has 1 amide bonds. The summed E-state index contributed by atoms with van der Waals surface area (Å²) in [4.78, 5) is 23.4. The molecule has 1 aromatic heterocycles. The minimum Gasteiger partial charge on any atom is -0.465 e. The summed E-state index contributed by atoms with van der Waals surface area (Å²) in [6, 6.07) is 3.28. The number of nitrogens with one attached hydrogen (secondary N) is 1. The van der Waals surface area contributed by atoms with Gasteiger partial charge in [0.25, 0.3) is 0 Å². The number of esters is 1. The number of hydrogen-bond acceptors (Lipinski definition) is 4. The van der Waals surface area contributed by atoms with Gasteiger partial charge < -0.3 is 14.5 Å². The number of ether oxygens (including phenoxy) is 1. The van der Waals surface area contributed by atoms with Crippen LogP contribution in [0.15, 0.2) is 21.6 Å². The van der Waals surface area contributed by atoms with Crippen molar-refractivity contribution in [3.05, 3.63) is 22.7 Å². The van der Waals surface area contributed by atoms with Crippen LogP contribution in [-0.2, 0) is 9.53 Å². The van der Waals surface area contributed by atoms with Crippen LogP contribution in [0.3, 0.4) is 0 Å². The summed E-state index contributed by atoms with van der Waals surface area (Å²) >= 11 is 6.22. The molecule has 5 nitrogen and oxygen atoms in total. The predicted octanol–water partition coefficient (Wildman–Crippen LogP) is 3.88. The molecular formula is C15H18ClNO4S. The average molecular weight is 344 g/mol. The highest BCUT2D eigenvalue weighted by atomic mass is 35.5. The van der Waals surface area contributed by atoms with Gasteiger partial charge in [-0.1, -0.05) is 11.6 Å². The Balaban J connectivity index is 2.82. The molecule has 2 aromatic rings. The van der Waals surface area contributed by atoms with Crippen LogP contribution in [0.5, 0.6) is 0 Å². The normalized spacial score (nSPS) is 12.3. The Morgan fingerprint density at radius 1 is 1.27 bits per heavy atom. The highest BCUT2D eigenvalue weighted by Crippen LogP contribution is 2.49. The molecule has 0 saturated heterocycles. The van der Waals surface area contributed by atoms with Gasteiger partial charge in [-0.3, -0.25) is 4.79 Å².